The molecule has 0 unspecified atom stereocenters. The van der Waals surface area contributed by atoms with Gasteiger partial charge in [0.1, 0.15) is 5.82 Å². The number of nitrogens with zero attached hydrogens (tertiary/aromatic N) is 1. The Hall–Kier alpha value is -1.95. The van der Waals surface area contributed by atoms with Crippen LogP contribution in [-0.4, -0.2) is 36.1 Å². The molecule has 6 nitrogen and oxygen atoms in total. The third kappa shape index (κ3) is 6.29. The van der Waals surface area contributed by atoms with E-state index in [0.717, 1.165) is 5.56 Å². The second kappa shape index (κ2) is 8.27. The lowest BCUT2D eigenvalue weighted by Crippen LogP contribution is -2.36. The zero-order valence-electron chi connectivity index (χ0n) is 12.1. The van der Waals surface area contributed by atoms with E-state index < -0.39 is 11.8 Å². The highest BCUT2D eigenvalue weighted by Gasteiger charge is 2.13. The molecule has 2 amide bonds. The number of carbonyl (C=O) groups is 2. The van der Waals surface area contributed by atoms with Crippen molar-refractivity contribution in [1.29, 1.82) is 0 Å². The highest BCUT2D eigenvalue weighted by Crippen LogP contribution is 2.04. The van der Waals surface area contributed by atoms with Crippen molar-refractivity contribution in [3.63, 3.8) is 0 Å². The Morgan fingerprint density at radius 3 is 2.75 bits per heavy atom. The molecule has 0 aliphatic carbocycles. The first kappa shape index (κ1) is 16.1. The summed E-state index contributed by atoms with van der Waals surface area (Å²) in [5.41, 5.74) is 0.960. The summed E-state index contributed by atoms with van der Waals surface area (Å²) in [7, 11) is 0. The molecule has 0 fully saturated rings. The fourth-order valence-electron chi connectivity index (χ4n) is 1.45. The summed E-state index contributed by atoms with van der Waals surface area (Å²) in [6.07, 6.45) is 2.41. The van der Waals surface area contributed by atoms with Crippen LogP contribution in [0.15, 0.2) is 18.3 Å². The van der Waals surface area contributed by atoms with E-state index in [2.05, 4.69) is 15.6 Å². The van der Waals surface area contributed by atoms with Crippen molar-refractivity contribution in [2.45, 2.75) is 33.3 Å². The minimum Gasteiger partial charge on any atom is -0.379 e. The van der Waals surface area contributed by atoms with Crippen LogP contribution in [0.3, 0.4) is 0 Å². The third-order valence-corrected chi connectivity index (χ3v) is 2.42. The fraction of sp³-hybridized carbons (Fsp3) is 0.500. The molecule has 0 saturated carbocycles. The van der Waals surface area contributed by atoms with E-state index >= 15 is 0 Å². The zero-order chi connectivity index (χ0) is 15.0. The summed E-state index contributed by atoms with van der Waals surface area (Å²) >= 11 is 0. The molecular formula is C14H21N3O3. The molecule has 0 radical (unpaired) electrons. The van der Waals surface area contributed by atoms with Crippen LogP contribution in [-0.2, 0) is 14.3 Å². The summed E-state index contributed by atoms with van der Waals surface area (Å²) in [4.78, 5) is 27.1. The Balaban J connectivity index is 2.27. The van der Waals surface area contributed by atoms with E-state index in [1.165, 1.54) is 0 Å². The fourth-order valence-corrected chi connectivity index (χ4v) is 1.45. The number of aryl methyl sites for hydroxylation is 1. The molecule has 2 N–H and O–H groups in total. The molecule has 1 aromatic rings. The van der Waals surface area contributed by atoms with Crippen LogP contribution in [0, 0.1) is 6.92 Å². The molecule has 6 heteroatoms. The van der Waals surface area contributed by atoms with Gasteiger partial charge in [-0.3, -0.25) is 9.59 Å². The van der Waals surface area contributed by atoms with Gasteiger partial charge < -0.3 is 15.4 Å². The number of hydrogen-bond donors (Lipinski definition) is 2. The minimum atomic E-state index is -0.715. The number of ether oxygens (including phenoxy) is 1. The maximum Gasteiger partial charge on any atom is 0.314 e. The van der Waals surface area contributed by atoms with Crippen molar-refractivity contribution < 1.29 is 14.3 Å². The van der Waals surface area contributed by atoms with E-state index in [4.69, 9.17) is 4.74 Å². The number of hydrogen-bond acceptors (Lipinski definition) is 4. The van der Waals surface area contributed by atoms with E-state index in [0.29, 0.717) is 25.4 Å². The van der Waals surface area contributed by atoms with Crippen LogP contribution in [0.1, 0.15) is 25.8 Å². The first-order valence-electron chi connectivity index (χ1n) is 6.62. The van der Waals surface area contributed by atoms with Crippen LogP contribution in [0.4, 0.5) is 5.82 Å². The van der Waals surface area contributed by atoms with Gasteiger partial charge in [-0.2, -0.15) is 0 Å². The van der Waals surface area contributed by atoms with Gasteiger partial charge in [-0.05, 0) is 44.9 Å². The average Bonchev–Trinajstić information content (AvgIpc) is 2.37. The van der Waals surface area contributed by atoms with Gasteiger partial charge in [0.2, 0.25) is 0 Å². The smallest absolute Gasteiger partial charge is 0.314 e. The van der Waals surface area contributed by atoms with E-state index in [-0.39, 0.29) is 6.10 Å². The van der Waals surface area contributed by atoms with E-state index in [9.17, 15) is 9.59 Å². The van der Waals surface area contributed by atoms with Gasteiger partial charge in [-0.25, -0.2) is 4.98 Å². The molecule has 20 heavy (non-hydrogen) atoms. The second-order valence-corrected chi connectivity index (χ2v) is 4.70. The number of aromatic nitrogens is 1. The van der Waals surface area contributed by atoms with Crippen molar-refractivity contribution in [2.75, 3.05) is 18.5 Å². The van der Waals surface area contributed by atoms with E-state index in [1.807, 2.05) is 26.8 Å². The zero-order valence-corrected chi connectivity index (χ0v) is 12.1. The Morgan fingerprint density at radius 2 is 2.10 bits per heavy atom. The lowest BCUT2D eigenvalue weighted by atomic mass is 10.3. The Labute approximate surface area is 118 Å². The molecule has 0 aromatic carbocycles. The number of rotatable bonds is 6. The number of amides is 2. The van der Waals surface area contributed by atoms with Crippen LogP contribution >= 0.6 is 0 Å². The first-order chi connectivity index (χ1) is 9.49. The molecule has 1 aromatic heterocycles. The lowest BCUT2D eigenvalue weighted by molar-refractivity contribution is -0.136. The van der Waals surface area contributed by atoms with Crippen molar-refractivity contribution >= 4 is 17.6 Å². The van der Waals surface area contributed by atoms with Gasteiger partial charge in [0, 0.05) is 19.3 Å². The largest absolute Gasteiger partial charge is 0.379 e. The van der Waals surface area contributed by atoms with E-state index in [1.54, 1.807) is 12.3 Å². The normalized spacial score (nSPS) is 10.4. The predicted octanol–water partition coefficient (Wildman–Crippen LogP) is 1.26. The second-order valence-electron chi connectivity index (χ2n) is 4.70. The predicted molar refractivity (Wildman–Crippen MR) is 76.3 cm³/mol. The van der Waals surface area contributed by atoms with Gasteiger partial charge in [0.05, 0.1) is 6.10 Å². The molecule has 0 atom stereocenters. The number of carbonyl (C=O) groups excluding carboxylic acids is 2. The molecule has 1 rings (SSSR count). The number of nitrogens with one attached hydrogen (secondary N) is 2. The van der Waals surface area contributed by atoms with Crippen molar-refractivity contribution in [1.82, 2.24) is 10.3 Å². The molecule has 0 aliphatic rings. The van der Waals surface area contributed by atoms with Crippen molar-refractivity contribution in [2.24, 2.45) is 0 Å². The summed E-state index contributed by atoms with van der Waals surface area (Å²) < 4.78 is 5.33. The Kier molecular flexibility index (Phi) is 6.66. The Morgan fingerprint density at radius 1 is 1.35 bits per heavy atom. The lowest BCUT2D eigenvalue weighted by Gasteiger charge is -2.08. The number of anilines is 1. The van der Waals surface area contributed by atoms with Gasteiger partial charge >= 0.3 is 11.8 Å². The monoisotopic (exact) mass is 279 g/mol. The molecule has 1 heterocycles. The molecule has 0 aliphatic heterocycles. The van der Waals surface area contributed by atoms with Gasteiger partial charge in [-0.15, -0.1) is 0 Å². The highest BCUT2D eigenvalue weighted by atomic mass is 16.5. The summed E-state index contributed by atoms with van der Waals surface area (Å²) in [6.45, 7) is 6.73. The molecule has 110 valence electrons. The Bertz CT molecular complexity index is 461. The maximum absolute atomic E-state index is 11.6. The molecular weight excluding hydrogens is 258 g/mol. The first-order valence-corrected chi connectivity index (χ1v) is 6.62. The number of pyridine rings is 1. The summed E-state index contributed by atoms with van der Waals surface area (Å²) in [5, 5.41) is 4.98. The average molecular weight is 279 g/mol. The van der Waals surface area contributed by atoms with Crippen LogP contribution in [0.2, 0.25) is 0 Å². The van der Waals surface area contributed by atoms with Crippen LogP contribution in [0.5, 0.6) is 0 Å². The molecule has 0 saturated heterocycles. The topological polar surface area (TPSA) is 80.3 Å². The SMILES string of the molecule is Cc1ccnc(NC(=O)C(=O)NCCCOC(C)C)c1. The quantitative estimate of drug-likeness (QED) is 0.607. The molecule has 0 bridgehead atoms. The maximum atomic E-state index is 11.6. The van der Waals surface area contributed by atoms with Crippen LogP contribution < -0.4 is 10.6 Å². The molecule has 0 spiro atoms. The van der Waals surface area contributed by atoms with Gasteiger partial charge in [-0.1, -0.05) is 0 Å². The highest BCUT2D eigenvalue weighted by molar-refractivity contribution is 6.39. The van der Waals surface area contributed by atoms with Gasteiger partial charge in [0.25, 0.3) is 0 Å². The van der Waals surface area contributed by atoms with Crippen LogP contribution in [0.25, 0.3) is 0 Å². The summed E-state index contributed by atoms with van der Waals surface area (Å²) in [5.74, 6) is -1.01. The van der Waals surface area contributed by atoms with Crippen molar-refractivity contribution in [3.8, 4) is 0 Å². The van der Waals surface area contributed by atoms with Gasteiger partial charge in [0.15, 0.2) is 0 Å². The third-order valence-electron chi connectivity index (χ3n) is 2.42. The minimum absolute atomic E-state index is 0.168. The standard InChI is InChI=1S/C14H21N3O3/c1-10(2)20-8-4-6-16-13(18)14(19)17-12-9-11(3)5-7-15-12/h5,7,9-10H,4,6,8H2,1-3H3,(H,16,18)(H,15,17,19). The van der Waals surface area contributed by atoms with Crippen molar-refractivity contribution in [3.05, 3.63) is 23.9 Å². The summed E-state index contributed by atoms with van der Waals surface area (Å²) in [6, 6.07) is 3.51.